The Labute approximate surface area is 117 Å². The van der Waals surface area contributed by atoms with Gasteiger partial charge < -0.3 is 10.3 Å². The largest absolute Gasteiger partial charge is 0.345 e. The summed E-state index contributed by atoms with van der Waals surface area (Å²) in [6.45, 7) is 1.10. The maximum Gasteiger partial charge on any atom is 0.0931 e. The average molecular weight is 267 g/mol. The summed E-state index contributed by atoms with van der Waals surface area (Å²) >= 11 is 0. The Balaban J connectivity index is 1.75. The zero-order valence-electron chi connectivity index (χ0n) is 11.4. The molecule has 102 valence electrons. The molecule has 5 nitrogen and oxygen atoms in total. The van der Waals surface area contributed by atoms with Crippen LogP contribution in [0, 0.1) is 0 Å². The Morgan fingerprint density at radius 3 is 3.10 bits per heavy atom. The van der Waals surface area contributed by atoms with Gasteiger partial charge >= 0.3 is 0 Å². The number of rotatable bonds is 2. The third-order valence-electron chi connectivity index (χ3n) is 4.05. The molecule has 3 aromatic rings. The highest BCUT2D eigenvalue weighted by atomic mass is 15.3. The van der Waals surface area contributed by atoms with Gasteiger partial charge in [-0.2, -0.15) is 5.10 Å². The molecule has 4 rings (SSSR count). The second kappa shape index (κ2) is 4.45. The van der Waals surface area contributed by atoms with E-state index in [2.05, 4.69) is 38.6 Å². The smallest absolute Gasteiger partial charge is 0.0931 e. The molecule has 5 heteroatoms. The fourth-order valence-corrected chi connectivity index (χ4v) is 2.98. The molecule has 1 aliphatic heterocycles. The lowest BCUT2D eigenvalue weighted by Crippen LogP contribution is -2.16. The van der Waals surface area contributed by atoms with Crippen LogP contribution in [0.3, 0.4) is 0 Å². The molecule has 2 aromatic heterocycles. The predicted octanol–water partition coefficient (Wildman–Crippen LogP) is 2.39. The van der Waals surface area contributed by atoms with Gasteiger partial charge in [0.15, 0.2) is 0 Å². The van der Waals surface area contributed by atoms with Gasteiger partial charge in [0, 0.05) is 18.7 Å². The fraction of sp³-hybridized carbons (Fsp3) is 0.333. The number of hydrogen-bond donors (Lipinski definition) is 2. The van der Waals surface area contributed by atoms with E-state index in [4.69, 9.17) is 0 Å². The van der Waals surface area contributed by atoms with E-state index in [0.29, 0.717) is 6.04 Å². The molecule has 0 bridgehead atoms. The van der Waals surface area contributed by atoms with Gasteiger partial charge in [0.25, 0.3) is 0 Å². The summed E-state index contributed by atoms with van der Waals surface area (Å²) < 4.78 is 2.00. The zero-order valence-corrected chi connectivity index (χ0v) is 11.4. The molecule has 0 aliphatic carbocycles. The van der Waals surface area contributed by atoms with Gasteiger partial charge in [0.2, 0.25) is 0 Å². The highest BCUT2D eigenvalue weighted by Gasteiger charge is 2.20. The number of imidazole rings is 1. The van der Waals surface area contributed by atoms with E-state index in [1.54, 1.807) is 6.33 Å². The summed E-state index contributed by atoms with van der Waals surface area (Å²) in [4.78, 5) is 7.40. The Morgan fingerprint density at radius 2 is 2.25 bits per heavy atom. The normalized spacial score (nSPS) is 18.9. The third-order valence-corrected chi connectivity index (χ3v) is 4.05. The van der Waals surface area contributed by atoms with Crippen molar-refractivity contribution in [3.8, 4) is 11.3 Å². The Hall–Kier alpha value is -2.14. The van der Waals surface area contributed by atoms with Crippen molar-refractivity contribution >= 4 is 11.0 Å². The van der Waals surface area contributed by atoms with Gasteiger partial charge in [0.1, 0.15) is 0 Å². The highest BCUT2D eigenvalue weighted by Crippen LogP contribution is 2.28. The molecule has 0 saturated carbocycles. The number of benzene rings is 1. The molecule has 3 heterocycles. The maximum atomic E-state index is 4.66. The molecule has 1 aromatic carbocycles. The highest BCUT2D eigenvalue weighted by molar-refractivity contribution is 5.80. The first-order valence-electron chi connectivity index (χ1n) is 7.02. The molecular formula is C15H17N5. The summed E-state index contributed by atoms with van der Waals surface area (Å²) in [5.74, 6) is 0. The van der Waals surface area contributed by atoms with Crippen molar-refractivity contribution < 1.29 is 0 Å². The van der Waals surface area contributed by atoms with E-state index in [1.165, 1.54) is 18.5 Å². The van der Waals surface area contributed by atoms with Gasteiger partial charge in [-0.25, -0.2) is 4.98 Å². The minimum absolute atomic E-state index is 0.442. The van der Waals surface area contributed by atoms with Crippen LogP contribution in [0.25, 0.3) is 22.3 Å². The number of aryl methyl sites for hydroxylation is 1. The lowest BCUT2D eigenvalue weighted by molar-refractivity contribution is 0.574. The van der Waals surface area contributed by atoms with E-state index >= 15 is 0 Å². The average Bonchev–Trinajstić information content (AvgIpc) is 3.17. The number of nitrogens with one attached hydrogen (secondary N) is 2. The van der Waals surface area contributed by atoms with Crippen molar-refractivity contribution in [3.63, 3.8) is 0 Å². The molecule has 1 fully saturated rings. The van der Waals surface area contributed by atoms with Crippen molar-refractivity contribution in [1.82, 2.24) is 25.1 Å². The van der Waals surface area contributed by atoms with Crippen LogP contribution in [-0.2, 0) is 7.05 Å². The standard InChI is InChI=1S/C15H17N5/c1-20-15(12-3-2-6-16-12)8-13(19-20)10-4-5-11-14(7-10)18-9-17-11/h4-5,7-9,12,16H,2-3,6H2,1H3,(H,17,18). The molecule has 1 saturated heterocycles. The molecule has 0 spiro atoms. The Kier molecular flexibility index (Phi) is 2.60. The van der Waals surface area contributed by atoms with Gasteiger partial charge in [0.05, 0.1) is 28.7 Å². The first-order chi connectivity index (χ1) is 9.81. The first-order valence-corrected chi connectivity index (χ1v) is 7.02. The van der Waals surface area contributed by atoms with Crippen LogP contribution in [0.5, 0.6) is 0 Å². The Bertz CT molecular complexity index is 749. The van der Waals surface area contributed by atoms with Crippen molar-refractivity contribution in [1.29, 1.82) is 0 Å². The number of fused-ring (bicyclic) bond motifs is 1. The van der Waals surface area contributed by atoms with Crippen LogP contribution >= 0.6 is 0 Å². The van der Waals surface area contributed by atoms with Crippen LogP contribution in [0.1, 0.15) is 24.6 Å². The van der Waals surface area contributed by atoms with E-state index < -0.39 is 0 Å². The van der Waals surface area contributed by atoms with Gasteiger partial charge in [-0.05, 0) is 37.6 Å². The molecule has 0 radical (unpaired) electrons. The van der Waals surface area contributed by atoms with Crippen LogP contribution < -0.4 is 5.32 Å². The van der Waals surface area contributed by atoms with E-state index in [9.17, 15) is 0 Å². The van der Waals surface area contributed by atoms with Crippen LogP contribution in [0.4, 0.5) is 0 Å². The van der Waals surface area contributed by atoms with Gasteiger partial charge in [-0.3, -0.25) is 4.68 Å². The number of aromatic nitrogens is 4. The number of nitrogens with zero attached hydrogens (tertiary/aromatic N) is 3. The van der Waals surface area contributed by atoms with Crippen LogP contribution in [-0.4, -0.2) is 26.3 Å². The van der Waals surface area contributed by atoms with E-state index in [0.717, 1.165) is 28.8 Å². The molecular weight excluding hydrogens is 250 g/mol. The van der Waals surface area contributed by atoms with Gasteiger partial charge in [-0.1, -0.05) is 6.07 Å². The first kappa shape index (κ1) is 11.7. The van der Waals surface area contributed by atoms with Crippen molar-refractivity contribution in [2.45, 2.75) is 18.9 Å². The van der Waals surface area contributed by atoms with Gasteiger partial charge in [-0.15, -0.1) is 0 Å². The minimum atomic E-state index is 0.442. The number of H-pyrrole nitrogens is 1. The van der Waals surface area contributed by atoms with E-state index in [-0.39, 0.29) is 0 Å². The topological polar surface area (TPSA) is 58.5 Å². The lowest BCUT2D eigenvalue weighted by Gasteiger charge is -2.09. The molecule has 1 unspecified atom stereocenters. The van der Waals surface area contributed by atoms with Crippen LogP contribution in [0.15, 0.2) is 30.6 Å². The lowest BCUT2D eigenvalue weighted by atomic mass is 10.1. The third kappa shape index (κ3) is 1.82. The second-order valence-corrected chi connectivity index (χ2v) is 5.36. The van der Waals surface area contributed by atoms with Crippen molar-refractivity contribution in [2.24, 2.45) is 7.05 Å². The summed E-state index contributed by atoms with van der Waals surface area (Å²) in [6.07, 6.45) is 4.16. The monoisotopic (exact) mass is 267 g/mol. The Morgan fingerprint density at radius 1 is 1.30 bits per heavy atom. The van der Waals surface area contributed by atoms with Crippen molar-refractivity contribution in [2.75, 3.05) is 6.54 Å². The predicted molar refractivity (Wildman–Crippen MR) is 78.3 cm³/mol. The summed E-state index contributed by atoms with van der Waals surface area (Å²) in [5, 5.41) is 8.19. The quantitative estimate of drug-likeness (QED) is 0.749. The summed E-state index contributed by atoms with van der Waals surface area (Å²) in [7, 11) is 2.02. The number of hydrogen-bond acceptors (Lipinski definition) is 3. The second-order valence-electron chi connectivity index (χ2n) is 5.36. The summed E-state index contributed by atoms with van der Waals surface area (Å²) in [5.41, 5.74) is 5.45. The molecule has 0 amide bonds. The SMILES string of the molecule is Cn1nc(-c2ccc3nc[nH]c3c2)cc1C1CCCN1. The molecule has 2 N–H and O–H groups in total. The molecule has 20 heavy (non-hydrogen) atoms. The van der Waals surface area contributed by atoms with Crippen molar-refractivity contribution in [3.05, 3.63) is 36.3 Å². The molecule has 1 aliphatic rings. The number of aromatic amines is 1. The van der Waals surface area contributed by atoms with E-state index in [1.807, 2.05) is 17.8 Å². The van der Waals surface area contributed by atoms with Crippen LogP contribution in [0.2, 0.25) is 0 Å². The summed E-state index contributed by atoms with van der Waals surface area (Å²) in [6, 6.07) is 8.86. The zero-order chi connectivity index (χ0) is 13.5. The maximum absolute atomic E-state index is 4.66. The molecule has 1 atom stereocenters. The minimum Gasteiger partial charge on any atom is -0.345 e. The fourth-order valence-electron chi connectivity index (χ4n) is 2.98.